The molecule has 1 aromatic rings. The van der Waals surface area contributed by atoms with E-state index in [1.807, 2.05) is 6.07 Å². The van der Waals surface area contributed by atoms with Crippen LogP contribution in [0.1, 0.15) is 50.0 Å². The maximum absolute atomic E-state index is 9.21. The van der Waals surface area contributed by atoms with E-state index in [9.17, 15) is 5.11 Å². The van der Waals surface area contributed by atoms with E-state index in [1.165, 1.54) is 37.7 Å². The Kier molecular flexibility index (Phi) is 5.69. The van der Waals surface area contributed by atoms with Gasteiger partial charge in [-0.3, -0.25) is 0 Å². The molecule has 2 heteroatoms. The molecule has 0 saturated heterocycles. The summed E-state index contributed by atoms with van der Waals surface area (Å²) >= 11 is 0. The lowest BCUT2D eigenvalue weighted by atomic mass is 9.92. The highest BCUT2D eigenvalue weighted by Gasteiger charge is 2.16. The zero-order chi connectivity index (χ0) is 12.6. The van der Waals surface area contributed by atoms with Crippen molar-refractivity contribution in [1.82, 2.24) is 5.32 Å². The molecule has 0 amide bonds. The Morgan fingerprint density at radius 3 is 2.50 bits per heavy atom. The van der Waals surface area contributed by atoms with Crippen LogP contribution in [-0.4, -0.2) is 24.3 Å². The van der Waals surface area contributed by atoms with Gasteiger partial charge in [0.25, 0.3) is 0 Å². The number of hydrogen-bond acceptors (Lipinski definition) is 2. The first-order valence-electron chi connectivity index (χ1n) is 7.29. The Morgan fingerprint density at radius 1 is 1.11 bits per heavy atom. The molecule has 1 fully saturated rings. The zero-order valence-corrected chi connectivity index (χ0v) is 11.1. The van der Waals surface area contributed by atoms with E-state index < -0.39 is 0 Å². The maximum atomic E-state index is 9.21. The van der Waals surface area contributed by atoms with Gasteiger partial charge in [0.05, 0.1) is 0 Å². The van der Waals surface area contributed by atoms with Gasteiger partial charge in [0.15, 0.2) is 0 Å². The summed E-state index contributed by atoms with van der Waals surface area (Å²) in [7, 11) is 0. The van der Waals surface area contributed by atoms with E-state index in [0.717, 1.165) is 13.0 Å². The van der Waals surface area contributed by atoms with Crippen LogP contribution in [0.3, 0.4) is 0 Å². The Labute approximate surface area is 110 Å². The molecule has 0 radical (unpaired) electrons. The number of nitrogens with one attached hydrogen (secondary N) is 1. The maximum Gasteiger partial charge on any atom is 0.0437 e. The molecule has 0 spiro atoms. The topological polar surface area (TPSA) is 32.3 Å². The first-order chi connectivity index (χ1) is 8.90. The molecule has 2 N–H and O–H groups in total. The number of aliphatic hydroxyl groups is 1. The van der Waals surface area contributed by atoms with Gasteiger partial charge in [-0.05, 0) is 30.7 Å². The third-order valence-corrected chi connectivity index (χ3v) is 4.01. The molecule has 0 bridgehead atoms. The predicted molar refractivity (Wildman–Crippen MR) is 75.8 cm³/mol. The number of hydrogen-bond donors (Lipinski definition) is 2. The molecular weight excluding hydrogens is 222 g/mol. The molecule has 1 aliphatic carbocycles. The summed E-state index contributed by atoms with van der Waals surface area (Å²) in [6, 6.07) is 11.3. The SMILES string of the molecule is OCCC(CNC1CCCCC1)c1ccccc1. The van der Waals surface area contributed by atoms with Crippen LogP contribution in [0.5, 0.6) is 0 Å². The highest BCUT2D eigenvalue weighted by atomic mass is 16.3. The molecule has 0 heterocycles. The van der Waals surface area contributed by atoms with Gasteiger partial charge < -0.3 is 10.4 Å². The van der Waals surface area contributed by atoms with Gasteiger partial charge in [-0.25, -0.2) is 0 Å². The molecule has 1 unspecified atom stereocenters. The highest BCUT2D eigenvalue weighted by molar-refractivity contribution is 5.19. The first-order valence-corrected chi connectivity index (χ1v) is 7.29. The van der Waals surface area contributed by atoms with Crippen molar-refractivity contribution in [3.05, 3.63) is 35.9 Å². The van der Waals surface area contributed by atoms with Crippen LogP contribution in [0.15, 0.2) is 30.3 Å². The van der Waals surface area contributed by atoms with Crippen LogP contribution >= 0.6 is 0 Å². The number of benzene rings is 1. The average molecular weight is 247 g/mol. The van der Waals surface area contributed by atoms with Gasteiger partial charge in [-0.15, -0.1) is 0 Å². The van der Waals surface area contributed by atoms with Gasteiger partial charge in [-0.1, -0.05) is 49.6 Å². The van der Waals surface area contributed by atoms with Gasteiger partial charge >= 0.3 is 0 Å². The smallest absolute Gasteiger partial charge is 0.0437 e. The van der Waals surface area contributed by atoms with E-state index in [1.54, 1.807) is 0 Å². The van der Waals surface area contributed by atoms with Crippen molar-refractivity contribution in [2.75, 3.05) is 13.2 Å². The van der Waals surface area contributed by atoms with Crippen molar-refractivity contribution in [1.29, 1.82) is 0 Å². The van der Waals surface area contributed by atoms with E-state index in [2.05, 4.69) is 29.6 Å². The molecule has 1 aliphatic rings. The Morgan fingerprint density at radius 2 is 1.83 bits per heavy atom. The van der Waals surface area contributed by atoms with Crippen LogP contribution in [-0.2, 0) is 0 Å². The van der Waals surface area contributed by atoms with E-state index in [4.69, 9.17) is 0 Å². The predicted octanol–water partition coefficient (Wildman–Crippen LogP) is 3.07. The lowest BCUT2D eigenvalue weighted by molar-refractivity contribution is 0.268. The Hall–Kier alpha value is -0.860. The summed E-state index contributed by atoms with van der Waals surface area (Å²) in [5, 5.41) is 12.9. The van der Waals surface area contributed by atoms with Crippen LogP contribution in [0.2, 0.25) is 0 Å². The second-order valence-corrected chi connectivity index (χ2v) is 5.36. The molecule has 0 aliphatic heterocycles. The van der Waals surface area contributed by atoms with Crippen LogP contribution < -0.4 is 5.32 Å². The summed E-state index contributed by atoms with van der Waals surface area (Å²) in [5.41, 5.74) is 1.34. The van der Waals surface area contributed by atoms with E-state index in [-0.39, 0.29) is 6.61 Å². The van der Waals surface area contributed by atoms with Crippen LogP contribution in [0.25, 0.3) is 0 Å². The summed E-state index contributed by atoms with van der Waals surface area (Å²) in [4.78, 5) is 0. The van der Waals surface area contributed by atoms with Crippen molar-refractivity contribution in [2.24, 2.45) is 0 Å². The monoisotopic (exact) mass is 247 g/mol. The van der Waals surface area contributed by atoms with E-state index >= 15 is 0 Å². The fourth-order valence-electron chi connectivity index (χ4n) is 2.88. The minimum atomic E-state index is 0.270. The molecular formula is C16H25NO. The van der Waals surface area contributed by atoms with Gasteiger partial charge in [0.2, 0.25) is 0 Å². The summed E-state index contributed by atoms with van der Waals surface area (Å²) in [6.07, 6.45) is 7.63. The first kappa shape index (κ1) is 13.6. The number of rotatable bonds is 6. The molecule has 1 aromatic carbocycles. The lowest BCUT2D eigenvalue weighted by Gasteiger charge is -2.26. The third kappa shape index (κ3) is 4.11. The second-order valence-electron chi connectivity index (χ2n) is 5.36. The van der Waals surface area contributed by atoms with Crippen LogP contribution in [0, 0.1) is 0 Å². The molecule has 100 valence electrons. The quantitative estimate of drug-likeness (QED) is 0.809. The third-order valence-electron chi connectivity index (χ3n) is 4.01. The number of aliphatic hydroxyl groups excluding tert-OH is 1. The molecule has 0 aromatic heterocycles. The summed E-state index contributed by atoms with van der Waals surface area (Å²) < 4.78 is 0. The average Bonchev–Trinajstić information content (AvgIpc) is 2.45. The van der Waals surface area contributed by atoms with Crippen molar-refractivity contribution in [2.45, 2.75) is 50.5 Å². The molecule has 2 rings (SSSR count). The van der Waals surface area contributed by atoms with Gasteiger partial charge in [-0.2, -0.15) is 0 Å². The zero-order valence-electron chi connectivity index (χ0n) is 11.1. The fourth-order valence-corrected chi connectivity index (χ4v) is 2.88. The van der Waals surface area contributed by atoms with Gasteiger partial charge in [0, 0.05) is 19.2 Å². The lowest BCUT2D eigenvalue weighted by Crippen LogP contribution is -2.34. The van der Waals surface area contributed by atoms with Gasteiger partial charge in [0.1, 0.15) is 0 Å². The largest absolute Gasteiger partial charge is 0.396 e. The Balaban J connectivity index is 1.86. The van der Waals surface area contributed by atoms with Crippen molar-refractivity contribution >= 4 is 0 Å². The summed E-state index contributed by atoms with van der Waals surface area (Å²) in [6.45, 7) is 1.27. The normalized spacial score (nSPS) is 18.7. The standard InChI is InChI=1S/C16H25NO/c18-12-11-15(14-7-3-1-4-8-14)13-17-16-9-5-2-6-10-16/h1,3-4,7-8,15-18H,2,5-6,9-13H2. The molecule has 18 heavy (non-hydrogen) atoms. The second kappa shape index (κ2) is 7.55. The highest BCUT2D eigenvalue weighted by Crippen LogP contribution is 2.21. The molecule has 1 atom stereocenters. The van der Waals surface area contributed by atoms with Crippen molar-refractivity contribution < 1.29 is 5.11 Å². The van der Waals surface area contributed by atoms with E-state index in [0.29, 0.717) is 12.0 Å². The van der Waals surface area contributed by atoms with Crippen molar-refractivity contribution in [3.63, 3.8) is 0 Å². The van der Waals surface area contributed by atoms with Crippen LogP contribution in [0.4, 0.5) is 0 Å². The Bertz CT molecular complexity index is 319. The molecule has 1 saturated carbocycles. The minimum absolute atomic E-state index is 0.270. The molecule has 2 nitrogen and oxygen atoms in total. The van der Waals surface area contributed by atoms with Crippen molar-refractivity contribution in [3.8, 4) is 0 Å². The minimum Gasteiger partial charge on any atom is -0.396 e. The summed E-state index contributed by atoms with van der Waals surface area (Å²) in [5.74, 6) is 0.443. The fraction of sp³-hybridized carbons (Fsp3) is 0.625.